The van der Waals surface area contributed by atoms with Gasteiger partial charge in [0.25, 0.3) is 0 Å². The van der Waals surface area contributed by atoms with Gasteiger partial charge < -0.3 is 14.4 Å². The number of ether oxygens (including phenoxy) is 2. The molecular formula is C26H34FNO5S2. The molecule has 35 heavy (non-hydrogen) atoms. The smallest absolute Gasteiger partial charge is 0.315 e. The Balaban J connectivity index is 2.16. The van der Waals surface area contributed by atoms with Crippen LogP contribution in [0.5, 0.6) is 5.75 Å². The Hall–Kier alpha value is -2.26. The number of hydrogen-bond donors (Lipinski definition) is 0. The standard InChI is InChI=1S/C26H34FNO5S2/c1-5-7-12-26(6-2)17-28(21-10-8-20(27)9-11-21)22-14-23(32-3)19(15-34-16-25(29)33-4)13-24(22)35(30,31)18-26/h8-11,13-14H,5-7,12,15-18H2,1-4H3. The van der Waals surface area contributed by atoms with Crippen LogP contribution >= 0.6 is 11.8 Å². The molecule has 0 saturated carbocycles. The summed E-state index contributed by atoms with van der Waals surface area (Å²) in [6.07, 6.45) is 3.39. The Morgan fingerprint density at radius 2 is 1.89 bits per heavy atom. The minimum Gasteiger partial charge on any atom is -0.496 e. The Labute approximate surface area is 212 Å². The van der Waals surface area contributed by atoms with Gasteiger partial charge in [0.05, 0.1) is 36.3 Å². The number of unbranched alkanes of at least 4 members (excludes halogenated alkanes) is 1. The summed E-state index contributed by atoms with van der Waals surface area (Å²) in [6.45, 7) is 4.64. The lowest BCUT2D eigenvalue weighted by molar-refractivity contribution is -0.137. The second-order valence-corrected chi connectivity index (χ2v) is 11.9. The number of carbonyl (C=O) groups excluding carboxylic acids is 1. The van der Waals surface area contributed by atoms with Crippen molar-refractivity contribution >= 4 is 38.9 Å². The summed E-state index contributed by atoms with van der Waals surface area (Å²) >= 11 is 1.33. The third-order valence-electron chi connectivity index (χ3n) is 6.63. The summed E-state index contributed by atoms with van der Waals surface area (Å²) in [5.74, 6) is 0.443. The van der Waals surface area contributed by atoms with E-state index < -0.39 is 15.3 Å². The fourth-order valence-corrected chi connectivity index (χ4v) is 7.59. The van der Waals surface area contributed by atoms with Gasteiger partial charge in [0, 0.05) is 35.0 Å². The van der Waals surface area contributed by atoms with Crippen LogP contribution in [-0.4, -0.2) is 46.7 Å². The maximum absolute atomic E-state index is 13.8. The maximum Gasteiger partial charge on any atom is 0.315 e. The summed E-state index contributed by atoms with van der Waals surface area (Å²) in [4.78, 5) is 13.8. The first-order valence-electron chi connectivity index (χ1n) is 11.8. The molecule has 0 fully saturated rings. The molecule has 0 spiro atoms. The Morgan fingerprint density at radius 1 is 1.17 bits per heavy atom. The molecule has 1 aliphatic heterocycles. The number of nitrogens with zero attached hydrogens (tertiary/aromatic N) is 1. The highest BCUT2D eigenvalue weighted by atomic mass is 32.2. The van der Waals surface area contributed by atoms with Gasteiger partial charge in [0.2, 0.25) is 0 Å². The zero-order valence-corrected chi connectivity index (χ0v) is 22.4. The van der Waals surface area contributed by atoms with Crippen LogP contribution < -0.4 is 9.64 Å². The van der Waals surface area contributed by atoms with Crippen molar-refractivity contribution in [1.82, 2.24) is 0 Å². The molecule has 9 heteroatoms. The highest BCUT2D eigenvalue weighted by Crippen LogP contribution is 2.46. The SMILES string of the molecule is CCCCC1(CC)CN(c2ccc(F)cc2)c2cc(OC)c(CSCC(=O)OC)cc2S(=O)(=O)C1. The number of rotatable bonds is 10. The summed E-state index contributed by atoms with van der Waals surface area (Å²) in [5.41, 5.74) is 1.51. The Kier molecular flexibility index (Phi) is 9.10. The van der Waals surface area contributed by atoms with Gasteiger partial charge in [0.1, 0.15) is 11.6 Å². The van der Waals surface area contributed by atoms with E-state index in [1.807, 2.05) is 11.8 Å². The largest absolute Gasteiger partial charge is 0.496 e. The van der Waals surface area contributed by atoms with Gasteiger partial charge in [-0.2, -0.15) is 0 Å². The van der Waals surface area contributed by atoms with Crippen molar-refractivity contribution < 1.29 is 27.1 Å². The number of fused-ring (bicyclic) bond motifs is 1. The second-order valence-electron chi connectivity index (χ2n) is 8.98. The molecule has 6 nitrogen and oxygen atoms in total. The summed E-state index contributed by atoms with van der Waals surface area (Å²) < 4.78 is 51.8. The molecule has 2 aromatic carbocycles. The predicted molar refractivity (Wildman–Crippen MR) is 139 cm³/mol. The van der Waals surface area contributed by atoms with Crippen molar-refractivity contribution in [3.63, 3.8) is 0 Å². The van der Waals surface area contributed by atoms with Gasteiger partial charge >= 0.3 is 5.97 Å². The summed E-state index contributed by atoms with van der Waals surface area (Å²) in [5, 5.41) is 0. The van der Waals surface area contributed by atoms with Gasteiger partial charge in [0.15, 0.2) is 9.84 Å². The van der Waals surface area contributed by atoms with Crippen molar-refractivity contribution in [2.24, 2.45) is 5.41 Å². The monoisotopic (exact) mass is 523 g/mol. The number of sulfone groups is 1. The molecule has 0 radical (unpaired) electrons. The highest BCUT2D eigenvalue weighted by molar-refractivity contribution is 7.99. The van der Waals surface area contributed by atoms with E-state index in [-0.39, 0.29) is 28.2 Å². The number of methoxy groups -OCH3 is 2. The van der Waals surface area contributed by atoms with E-state index in [1.165, 1.54) is 31.0 Å². The molecule has 2 aromatic rings. The normalized spacial score (nSPS) is 19.1. The van der Waals surface area contributed by atoms with Crippen molar-refractivity contribution in [2.75, 3.05) is 37.2 Å². The molecule has 0 aliphatic carbocycles. The van der Waals surface area contributed by atoms with Crippen molar-refractivity contribution in [3.8, 4) is 5.75 Å². The van der Waals surface area contributed by atoms with Crippen LogP contribution in [0.2, 0.25) is 0 Å². The zero-order valence-electron chi connectivity index (χ0n) is 20.8. The third-order valence-corrected chi connectivity index (χ3v) is 9.58. The van der Waals surface area contributed by atoms with Crippen LogP contribution in [-0.2, 0) is 25.1 Å². The Morgan fingerprint density at radius 3 is 2.49 bits per heavy atom. The summed E-state index contributed by atoms with van der Waals surface area (Å²) in [6, 6.07) is 9.59. The number of anilines is 2. The van der Waals surface area contributed by atoms with Gasteiger partial charge in [-0.1, -0.05) is 26.7 Å². The van der Waals surface area contributed by atoms with E-state index in [2.05, 4.69) is 6.92 Å². The fourth-order valence-electron chi connectivity index (χ4n) is 4.55. The number of thioether (sulfide) groups is 1. The van der Waals surface area contributed by atoms with Crippen molar-refractivity contribution in [1.29, 1.82) is 0 Å². The van der Waals surface area contributed by atoms with Crippen LogP contribution in [0.25, 0.3) is 0 Å². The van der Waals surface area contributed by atoms with Gasteiger partial charge in [-0.15, -0.1) is 11.8 Å². The van der Waals surface area contributed by atoms with E-state index in [0.29, 0.717) is 35.7 Å². The maximum atomic E-state index is 13.8. The van der Waals surface area contributed by atoms with E-state index >= 15 is 0 Å². The second kappa shape index (κ2) is 11.6. The minimum atomic E-state index is -3.64. The van der Waals surface area contributed by atoms with Crippen LogP contribution in [0, 0.1) is 11.2 Å². The molecule has 0 amide bonds. The van der Waals surface area contributed by atoms with E-state index in [1.54, 1.807) is 31.4 Å². The van der Waals surface area contributed by atoms with Crippen LogP contribution in [0.4, 0.5) is 15.8 Å². The van der Waals surface area contributed by atoms with E-state index in [9.17, 15) is 17.6 Å². The number of hydrogen-bond acceptors (Lipinski definition) is 7. The number of benzene rings is 2. The first-order chi connectivity index (χ1) is 16.7. The van der Waals surface area contributed by atoms with Crippen LogP contribution in [0.3, 0.4) is 0 Å². The fraction of sp³-hybridized carbons (Fsp3) is 0.500. The predicted octanol–water partition coefficient (Wildman–Crippen LogP) is 5.75. The summed E-state index contributed by atoms with van der Waals surface area (Å²) in [7, 11) is -0.766. The first kappa shape index (κ1) is 27.3. The average molecular weight is 524 g/mol. The molecule has 1 heterocycles. The zero-order chi connectivity index (χ0) is 25.6. The Bertz CT molecular complexity index is 1140. The number of halogens is 1. The number of carbonyl (C=O) groups is 1. The van der Waals surface area contributed by atoms with E-state index in [0.717, 1.165) is 24.9 Å². The first-order valence-corrected chi connectivity index (χ1v) is 14.6. The van der Waals surface area contributed by atoms with Crippen molar-refractivity contribution in [3.05, 3.63) is 47.8 Å². The third kappa shape index (κ3) is 6.30. The topological polar surface area (TPSA) is 72.9 Å². The number of esters is 1. The average Bonchev–Trinajstić information content (AvgIpc) is 2.94. The molecule has 1 unspecified atom stereocenters. The molecule has 192 valence electrons. The molecular weight excluding hydrogens is 489 g/mol. The highest BCUT2D eigenvalue weighted by Gasteiger charge is 2.41. The quantitative estimate of drug-likeness (QED) is 0.367. The lowest BCUT2D eigenvalue weighted by Crippen LogP contribution is -2.37. The van der Waals surface area contributed by atoms with Crippen molar-refractivity contribution in [2.45, 2.75) is 50.2 Å². The molecule has 3 rings (SSSR count). The molecule has 0 bridgehead atoms. The van der Waals surface area contributed by atoms with Gasteiger partial charge in [-0.05, 0) is 43.2 Å². The molecule has 0 N–H and O–H groups in total. The molecule has 0 saturated heterocycles. The molecule has 1 atom stereocenters. The molecule has 0 aromatic heterocycles. The van der Waals surface area contributed by atoms with Crippen LogP contribution in [0.15, 0.2) is 41.3 Å². The lowest BCUT2D eigenvalue weighted by atomic mass is 9.81. The van der Waals surface area contributed by atoms with Gasteiger partial charge in [-0.3, -0.25) is 4.79 Å². The van der Waals surface area contributed by atoms with Crippen LogP contribution in [0.1, 0.15) is 45.1 Å². The van der Waals surface area contributed by atoms with E-state index in [4.69, 9.17) is 9.47 Å². The minimum absolute atomic E-state index is 0.0439. The lowest BCUT2D eigenvalue weighted by Gasteiger charge is -2.36. The van der Waals surface area contributed by atoms with Gasteiger partial charge in [-0.25, -0.2) is 12.8 Å². The molecule has 1 aliphatic rings.